The average molecular weight is 306 g/mol. The van der Waals surface area contributed by atoms with Crippen LogP contribution in [0.15, 0.2) is 11.0 Å². The van der Waals surface area contributed by atoms with Gasteiger partial charge in [0.25, 0.3) is 5.56 Å². The van der Waals surface area contributed by atoms with Gasteiger partial charge in [-0.15, -0.1) is 6.42 Å². The first kappa shape index (κ1) is 14.5. The zero-order chi connectivity index (χ0) is 15.0. The predicted octanol–water partition coefficient (Wildman–Crippen LogP) is 2.77. The normalized spacial score (nSPS) is 28.3. The van der Waals surface area contributed by atoms with Crippen molar-refractivity contribution in [3.8, 4) is 12.3 Å². The zero-order valence-electron chi connectivity index (χ0n) is 12.2. The maximum absolute atomic E-state index is 12.3. The maximum Gasteiger partial charge on any atom is 0.292 e. The van der Waals surface area contributed by atoms with Crippen LogP contribution in [0.5, 0.6) is 0 Å². The first-order valence-corrected chi connectivity index (χ1v) is 7.93. The molecule has 1 heterocycles. The fourth-order valence-corrected chi connectivity index (χ4v) is 4.22. The van der Waals surface area contributed by atoms with E-state index in [1.165, 1.54) is 36.6 Å². The molecule has 2 aliphatic rings. The number of halogens is 1. The molecular weight excluding hydrogens is 286 g/mol. The Balaban J connectivity index is 1.80. The Morgan fingerprint density at radius 2 is 2.38 bits per heavy atom. The van der Waals surface area contributed by atoms with Crippen LogP contribution < -0.4 is 10.9 Å². The van der Waals surface area contributed by atoms with Gasteiger partial charge in [-0.3, -0.25) is 4.79 Å². The summed E-state index contributed by atoms with van der Waals surface area (Å²) in [4.78, 5) is 12.3. The highest BCUT2D eigenvalue weighted by Gasteiger charge is 2.42. The molecule has 0 aromatic carbocycles. The molecule has 3 rings (SSSR count). The van der Waals surface area contributed by atoms with Gasteiger partial charge in [-0.25, -0.2) is 4.68 Å². The third kappa shape index (κ3) is 2.67. The number of terminal acetylenes is 1. The summed E-state index contributed by atoms with van der Waals surface area (Å²) >= 11 is 6.14. The van der Waals surface area contributed by atoms with Crippen molar-refractivity contribution in [2.75, 3.05) is 5.32 Å². The predicted molar refractivity (Wildman–Crippen MR) is 84.4 cm³/mol. The van der Waals surface area contributed by atoms with Gasteiger partial charge in [0.1, 0.15) is 12.2 Å². The van der Waals surface area contributed by atoms with E-state index in [0.29, 0.717) is 16.6 Å². The van der Waals surface area contributed by atoms with E-state index in [9.17, 15) is 4.79 Å². The van der Waals surface area contributed by atoms with Crippen molar-refractivity contribution in [1.82, 2.24) is 9.78 Å². The highest BCUT2D eigenvalue weighted by atomic mass is 35.5. The van der Waals surface area contributed by atoms with E-state index in [0.717, 1.165) is 11.8 Å². The van der Waals surface area contributed by atoms with Gasteiger partial charge in [-0.2, -0.15) is 5.10 Å². The molecule has 1 aromatic heterocycles. The summed E-state index contributed by atoms with van der Waals surface area (Å²) in [5.74, 6) is 4.75. The van der Waals surface area contributed by atoms with Crippen LogP contribution in [0.2, 0.25) is 5.02 Å². The second kappa shape index (κ2) is 5.73. The van der Waals surface area contributed by atoms with Crippen molar-refractivity contribution in [2.24, 2.45) is 17.8 Å². The van der Waals surface area contributed by atoms with E-state index in [1.807, 2.05) is 0 Å². The Morgan fingerprint density at radius 1 is 1.57 bits per heavy atom. The van der Waals surface area contributed by atoms with Gasteiger partial charge >= 0.3 is 0 Å². The van der Waals surface area contributed by atoms with Crippen LogP contribution in [0, 0.1) is 30.1 Å². The highest BCUT2D eigenvalue weighted by molar-refractivity contribution is 6.33. The van der Waals surface area contributed by atoms with E-state index in [1.54, 1.807) is 0 Å². The number of aromatic nitrogens is 2. The second-order valence-corrected chi connectivity index (χ2v) is 6.71. The average Bonchev–Trinajstić information content (AvgIpc) is 3.09. The topological polar surface area (TPSA) is 46.9 Å². The number of nitrogens with one attached hydrogen (secondary N) is 1. The third-order valence-corrected chi connectivity index (χ3v) is 5.33. The number of anilines is 1. The molecule has 1 aromatic rings. The molecule has 5 heteroatoms. The summed E-state index contributed by atoms with van der Waals surface area (Å²) in [6.07, 6.45) is 12.1. The molecule has 112 valence electrons. The molecular formula is C16H20ClN3O. The SMILES string of the molecule is C#CCn1ncc(Cl)c(NC(C)C2CC3CCC2C3)c1=O. The van der Waals surface area contributed by atoms with Crippen molar-refractivity contribution in [3.63, 3.8) is 0 Å². The summed E-state index contributed by atoms with van der Waals surface area (Å²) in [5, 5.41) is 7.66. The minimum atomic E-state index is -0.240. The van der Waals surface area contributed by atoms with Crippen LogP contribution in [-0.4, -0.2) is 15.8 Å². The van der Waals surface area contributed by atoms with E-state index in [-0.39, 0.29) is 18.1 Å². The molecule has 0 saturated heterocycles. The first-order valence-electron chi connectivity index (χ1n) is 7.55. The summed E-state index contributed by atoms with van der Waals surface area (Å²) in [6.45, 7) is 2.31. The number of rotatable bonds is 4. The van der Waals surface area contributed by atoms with Gasteiger partial charge in [0, 0.05) is 6.04 Å². The van der Waals surface area contributed by atoms with Crippen molar-refractivity contribution >= 4 is 17.3 Å². The molecule has 4 nitrogen and oxygen atoms in total. The molecule has 0 radical (unpaired) electrons. The Kier molecular flexibility index (Phi) is 3.95. The van der Waals surface area contributed by atoms with Crippen molar-refractivity contribution in [3.05, 3.63) is 21.6 Å². The molecule has 21 heavy (non-hydrogen) atoms. The van der Waals surface area contributed by atoms with Gasteiger partial charge in [0.15, 0.2) is 0 Å². The number of fused-ring (bicyclic) bond motifs is 2. The van der Waals surface area contributed by atoms with Crippen LogP contribution in [0.1, 0.15) is 32.6 Å². The van der Waals surface area contributed by atoms with E-state index in [4.69, 9.17) is 18.0 Å². The molecule has 2 bridgehead atoms. The molecule has 0 aliphatic heterocycles. The lowest BCUT2D eigenvalue weighted by Gasteiger charge is -2.29. The molecule has 4 atom stereocenters. The maximum atomic E-state index is 12.3. The fourth-order valence-electron chi connectivity index (χ4n) is 4.04. The van der Waals surface area contributed by atoms with E-state index in [2.05, 4.69) is 23.3 Å². The molecule has 0 amide bonds. The molecule has 0 spiro atoms. The molecule has 2 fully saturated rings. The highest BCUT2D eigenvalue weighted by Crippen LogP contribution is 2.49. The lowest BCUT2D eigenvalue weighted by atomic mass is 9.84. The third-order valence-electron chi connectivity index (χ3n) is 5.05. The fraction of sp³-hybridized carbons (Fsp3) is 0.625. The van der Waals surface area contributed by atoms with Crippen LogP contribution in [0.4, 0.5) is 5.69 Å². The Morgan fingerprint density at radius 3 is 3.00 bits per heavy atom. The minimum absolute atomic E-state index is 0.160. The van der Waals surface area contributed by atoms with Gasteiger partial charge in [-0.1, -0.05) is 23.9 Å². The molecule has 1 N–H and O–H groups in total. The Hall–Kier alpha value is -1.47. The lowest BCUT2D eigenvalue weighted by molar-refractivity contribution is 0.304. The van der Waals surface area contributed by atoms with Gasteiger partial charge in [0.2, 0.25) is 0 Å². The Bertz CT molecular complexity index is 633. The molecule has 4 unspecified atom stereocenters. The standard InChI is InChI=1S/C16H20ClN3O/c1-3-6-20-16(21)15(14(17)9-18-20)19-10(2)13-8-11-4-5-12(13)7-11/h1,9-13,19H,4-8H2,2H3. The van der Waals surface area contributed by atoms with Crippen LogP contribution >= 0.6 is 11.6 Å². The van der Waals surface area contributed by atoms with Crippen molar-refractivity contribution in [1.29, 1.82) is 0 Å². The van der Waals surface area contributed by atoms with Gasteiger partial charge in [0.05, 0.1) is 11.2 Å². The van der Waals surface area contributed by atoms with Gasteiger partial charge in [-0.05, 0) is 43.9 Å². The Labute approximate surface area is 129 Å². The zero-order valence-corrected chi connectivity index (χ0v) is 12.9. The second-order valence-electron chi connectivity index (χ2n) is 6.31. The van der Waals surface area contributed by atoms with E-state index < -0.39 is 0 Å². The summed E-state index contributed by atoms with van der Waals surface area (Å²) in [5.41, 5.74) is 0.188. The number of hydrogen-bond donors (Lipinski definition) is 1. The number of hydrogen-bond acceptors (Lipinski definition) is 3. The van der Waals surface area contributed by atoms with Crippen molar-refractivity contribution < 1.29 is 0 Å². The van der Waals surface area contributed by atoms with Crippen LogP contribution in [-0.2, 0) is 6.54 Å². The van der Waals surface area contributed by atoms with Crippen molar-refractivity contribution in [2.45, 2.75) is 45.2 Å². The molecule has 2 saturated carbocycles. The minimum Gasteiger partial charge on any atom is -0.377 e. The van der Waals surface area contributed by atoms with Crippen LogP contribution in [0.25, 0.3) is 0 Å². The van der Waals surface area contributed by atoms with Gasteiger partial charge < -0.3 is 5.32 Å². The smallest absolute Gasteiger partial charge is 0.292 e. The summed E-state index contributed by atoms with van der Waals surface area (Å²) in [6, 6.07) is 0.243. The molecule has 2 aliphatic carbocycles. The number of nitrogens with zero attached hydrogens (tertiary/aromatic N) is 2. The quantitative estimate of drug-likeness (QED) is 0.870. The van der Waals surface area contributed by atoms with Crippen LogP contribution in [0.3, 0.4) is 0 Å². The summed E-state index contributed by atoms with van der Waals surface area (Å²) < 4.78 is 1.27. The van der Waals surface area contributed by atoms with E-state index >= 15 is 0 Å². The largest absolute Gasteiger partial charge is 0.377 e. The monoisotopic (exact) mass is 305 g/mol. The summed E-state index contributed by atoms with van der Waals surface area (Å²) in [7, 11) is 0. The first-order chi connectivity index (χ1) is 10.1. The lowest BCUT2D eigenvalue weighted by Crippen LogP contribution is -2.34.